The molecule has 0 aliphatic heterocycles. The molecule has 0 unspecified atom stereocenters. The van der Waals surface area contributed by atoms with Crippen LogP contribution in [0, 0.1) is 0 Å². The Labute approximate surface area is 218 Å². The summed E-state index contributed by atoms with van der Waals surface area (Å²) in [6.45, 7) is 5.81. The van der Waals surface area contributed by atoms with Gasteiger partial charge in [-0.1, -0.05) is 54.4 Å². The van der Waals surface area contributed by atoms with Crippen LogP contribution in [-0.4, -0.2) is 50.0 Å². The van der Waals surface area contributed by atoms with E-state index in [0.717, 1.165) is 18.2 Å². The second-order valence-corrected chi connectivity index (χ2v) is 11.3. The summed E-state index contributed by atoms with van der Waals surface area (Å²) < 4.78 is 26.0. The number of benzene rings is 2. The molecule has 2 aromatic rings. The number of carbonyl (C=O) groups excluding carboxylic acids is 2. The molecule has 1 N–H and O–H groups in total. The zero-order valence-corrected chi connectivity index (χ0v) is 22.8. The molecule has 0 saturated heterocycles. The molecule has 35 heavy (non-hydrogen) atoms. The molecule has 0 aliphatic rings. The summed E-state index contributed by atoms with van der Waals surface area (Å²) in [6, 6.07) is 13.0. The van der Waals surface area contributed by atoms with Crippen LogP contribution in [0.5, 0.6) is 0 Å². The summed E-state index contributed by atoms with van der Waals surface area (Å²) in [7, 11) is -3.59. The van der Waals surface area contributed by atoms with Crippen molar-refractivity contribution >= 4 is 50.7 Å². The van der Waals surface area contributed by atoms with Crippen molar-refractivity contribution in [1.82, 2.24) is 10.2 Å². The van der Waals surface area contributed by atoms with Crippen molar-refractivity contribution in [3.05, 3.63) is 64.1 Å². The Balaban J connectivity index is 2.19. The number of carbonyl (C=O) groups is 2. The summed E-state index contributed by atoms with van der Waals surface area (Å²) >= 11 is 12.4. The molecule has 0 fully saturated rings. The molecule has 2 amide bonds. The van der Waals surface area contributed by atoms with Crippen LogP contribution >= 0.6 is 23.2 Å². The molecule has 192 valence electrons. The Morgan fingerprint density at radius 1 is 1.06 bits per heavy atom. The summed E-state index contributed by atoms with van der Waals surface area (Å²) in [5, 5.41) is 3.84. The summed E-state index contributed by atoms with van der Waals surface area (Å²) in [6.07, 6.45) is 2.19. The average molecular weight is 543 g/mol. The van der Waals surface area contributed by atoms with Crippen molar-refractivity contribution < 1.29 is 18.0 Å². The van der Waals surface area contributed by atoms with Gasteiger partial charge in [0.15, 0.2) is 0 Å². The van der Waals surface area contributed by atoms with E-state index in [4.69, 9.17) is 23.2 Å². The molecule has 2 aromatic carbocycles. The second kappa shape index (κ2) is 13.1. The lowest BCUT2D eigenvalue weighted by atomic mass is 10.1. The number of anilines is 1. The minimum absolute atomic E-state index is 0.0248. The van der Waals surface area contributed by atoms with Gasteiger partial charge in [0, 0.05) is 35.6 Å². The van der Waals surface area contributed by atoms with E-state index in [2.05, 4.69) is 5.32 Å². The predicted octanol–water partition coefficient (Wildman–Crippen LogP) is 4.87. The van der Waals surface area contributed by atoms with Crippen molar-refractivity contribution in [3.63, 3.8) is 0 Å². The first kappa shape index (κ1) is 28.9. The maximum atomic E-state index is 13.3. The lowest BCUT2D eigenvalue weighted by Gasteiger charge is -2.30. The van der Waals surface area contributed by atoms with Crippen molar-refractivity contribution in [2.24, 2.45) is 0 Å². The number of rotatable bonds is 12. The van der Waals surface area contributed by atoms with E-state index < -0.39 is 16.1 Å². The van der Waals surface area contributed by atoms with Gasteiger partial charge in [0.25, 0.3) is 0 Å². The van der Waals surface area contributed by atoms with Crippen molar-refractivity contribution in [2.45, 2.75) is 58.7 Å². The zero-order chi connectivity index (χ0) is 26.2. The van der Waals surface area contributed by atoms with Gasteiger partial charge in [-0.25, -0.2) is 8.42 Å². The predicted molar refractivity (Wildman–Crippen MR) is 142 cm³/mol. The number of nitrogens with zero attached hydrogens (tertiary/aromatic N) is 2. The van der Waals surface area contributed by atoms with E-state index in [9.17, 15) is 18.0 Å². The maximum Gasteiger partial charge on any atom is 0.242 e. The molecule has 10 heteroatoms. The molecule has 2 atom stereocenters. The van der Waals surface area contributed by atoms with Crippen LogP contribution in [0.1, 0.15) is 45.6 Å². The quantitative estimate of drug-likeness (QED) is 0.415. The Hall–Kier alpha value is -2.29. The number of amides is 2. The van der Waals surface area contributed by atoms with Gasteiger partial charge in [0.1, 0.15) is 6.04 Å². The Bertz CT molecular complexity index is 1130. The molecule has 0 heterocycles. The molecule has 0 radical (unpaired) electrons. The van der Waals surface area contributed by atoms with E-state index in [1.54, 1.807) is 43.3 Å². The molecule has 7 nitrogen and oxygen atoms in total. The number of hydrogen-bond acceptors (Lipinski definition) is 4. The fraction of sp³-hybridized carbons (Fsp3) is 0.440. The number of hydrogen-bond donors (Lipinski definition) is 1. The number of sulfonamides is 1. The maximum absolute atomic E-state index is 13.3. The van der Waals surface area contributed by atoms with Crippen molar-refractivity contribution in [1.29, 1.82) is 0 Å². The van der Waals surface area contributed by atoms with Gasteiger partial charge in [-0.05, 0) is 56.5 Å². The fourth-order valence-electron chi connectivity index (χ4n) is 3.49. The van der Waals surface area contributed by atoms with Crippen LogP contribution in [0.2, 0.25) is 10.0 Å². The number of halogens is 2. The highest BCUT2D eigenvalue weighted by atomic mass is 35.5. The molecule has 0 aliphatic carbocycles. The molecule has 0 spiro atoms. The normalized spacial score (nSPS) is 13.1. The minimum Gasteiger partial charge on any atom is -0.352 e. The summed E-state index contributed by atoms with van der Waals surface area (Å²) in [5.74, 6) is -0.521. The minimum atomic E-state index is -3.59. The van der Waals surface area contributed by atoms with E-state index in [1.807, 2.05) is 26.0 Å². The largest absolute Gasteiger partial charge is 0.352 e. The lowest BCUT2D eigenvalue weighted by molar-refractivity contribution is -0.140. The van der Waals surface area contributed by atoms with E-state index >= 15 is 0 Å². The molecular weight excluding hydrogens is 509 g/mol. The van der Waals surface area contributed by atoms with Gasteiger partial charge in [-0.15, -0.1) is 0 Å². The van der Waals surface area contributed by atoms with Crippen LogP contribution in [0.25, 0.3) is 0 Å². The van der Waals surface area contributed by atoms with Crippen LogP contribution in [0.4, 0.5) is 5.69 Å². The van der Waals surface area contributed by atoms with Gasteiger partial charge >= 0.3 is 0 Å². The van der Waals surface area contributed by atoms with Gasteiger partial charge < -0.3 is 10.2 Å². The van der Waals surface area contributed by atoms with Gasteiger partial charge in [0.05, 0.1) is 11.9 Å². The third-order valence-corrected chi connectivity index (χ3v) is 7.51. The first-order valence-electron chi connectivity index (χ1n) is 11.5. The van der Waals surface area contributed by atoms with Crippen molar-refractivity contribution in [3.8, 4) is 0 Å². The van der Waals surface area contributed by atoms with E-state index in [0.29, 0.717) is 15.7 Å². The highest BCUT2D eigenvalue weighted by molar-refractivity contribution is 7.92. The SMILES string of the molecule is CC[C@@H](C)NC(=O)[C@@H](C)N(Cc1ccccc1Cl)C(=O)CCCN(c1cccc(Cl)c1)S(C)(=O)=O. The smallest absolute Gasteiger partial charge is 0.242 e. The molecule has 2 rings (SSSR count). The molecule has 0 bridgehead atoms. The third kappa shape index (κ3) is 8.70. The topological polar surface area (TPSA) is 86.8 Å². The van der Waals surface area contributed by atoms with E-state index in [-0.39, 0.29) is 43.8 Å². The molecule has 0 aromatic heterocycles. The second-order valence-electron chi connectivity index (χ2n) is 8.53. The monoisotopic (exact) mass is 541 g/mol. The summed E-state index contributed by atoms with van der Waals surface area (Å²) in [5.41, 5.74) is 1.16. The lowest BCUT2D eigenvalue weighted by Crippen LogP contribution is -2.49. The Kier molecular flexibility index (Phi) is 10.9. The van der Waals surface area contributed by atoms with Crippen LogP contribution in [-0.2, 0) is 26.2 Å². The average Bonchev–Trinajstić information content (AvgIpc) is 2.79. The van der Waals surface area contributed by atoms with Crippen LogP contribution in [0.3, 0.4) is 0 Å². The van der Waals surface area contributed by atoms with Gasteiger partial charge in [-0.2, -0.15) is 0 Å². The highest BCUT2D eigenvalue weighted by Crippen LogP contribution is 2.23. The molecular formula is C25H33Cl2N3O4S. The van der Waals surface area contributed by atoms with Gasteiger partial charge in [0.2, 0.25) is 21.8 Å². The Morgan fingerprint density at radius 2 is 1.74 bits per heavy atom. The first-order valence-corrected chi connectivity index (χ1v) is 14.1. The third-order valence-electron chi connectivity index (χ3n) is 5.72. The van der Waals surface area contributed by atoms with Crippen molar-refractivity contribution in [2.75, 3.05) is 17.1 Å². The highest BCUT2D eigenvalue weighted by Gasteiger charge is 2.27. The van der Waals surface area contributed by atoms with Crippen LogP contribution < -0.4 is 9.62 Å². The molecule has 0 saturated carbocycles. The summed E-state index contributed by atoms with van der Waals surface area (Å²) in [4.78, 5) is 27.6. The Morgan fingerprint density at radius 3 is 2.34 bits per heavy atom. The van der Waals surface area contributed by atoms with Crippen LogP contribution in [0.15, 0.2) is 48.5 Å². The zero-order valence-electron chi connectivity index (χ0n) is 20.5. The standard InChI is InChI=1S/C25H33Cl2N3O4S/c1-5-18(2)28-25(32)19(3)29(17-20-10-6-7-13-23(20)27)24(31)14-9-15-30(35(4,33)34)22-12-8-11-21(26)16-22/h6-8,10-13,16,18-19H,5,9,14-15,17H2,1-4H3,(H,28,32)/t18-,19-/m1/s1. The first-order chi connectivity index (χ1) is 16.4. The fourth-order valence-corrected chi connectivity index (χ4v) is 4.83. The van der Waals surface area contributed by atoms with Gasteiger partial charge in [-0.3, -0.25) is 13.9 Å². The number of nitrogens with one attached hydrogen (secondary N) is 1. The van der Waals surface area contributed by atoms with E-state index in [1.165, 1.54) is 9.21 Å².